The fourth-order valence-electron chi connectivity index (χ4n) is 5.64. The first-order valence-electron chi connectivity index (χ1n) is 11.8. The monoisotopic (exact) mass is 497 g/mol. The highest BCUT2D eigenvalue weighted by atomic mass is 32.2. The third-order valence-electron chi connectivity index (χ3n) is 7.24. The van der Waals surface area contributed by atoms with Gasteiger partial charge in [-0.05, 0) is 58.5 Å². The van der Waals surface area contributed by atoms with Crippen LogP contribution in [-0.2, 0) is 7.05 Å². The molecule has 1 aromatic heterocycles. The predicted octanol–water partition coefficient (Wildman–Crippen LogP) is 4.90. The summed E-state index contributed by atoms with van der Waals surface area (Å²) in [5.74, 6) is 0.491. The van der Waals surface area contributed by atoms with Crippen molar-refractivity contribution in [2.75, 3.05) is 6.54 Å². The number of amides is 1. The van der Waals surface area contributed by atoms with Gasteiger partial charge in [0, 0.05) is 37.1 Å². The lowest BCUT2D eigenvalue weighted by molar-refractivity contribution is -0.387. The van der Waals surface area contributed by atoms with Crippen LogP contribution in [0.25, 0.3) is 0 Å². The van der Waals surface area contributed by atoms with Gasteiger partial charge in [-0.2, -0.15) is 0 Å². The molecule has 0 fully saturated rings. The van der Waals surface area contributed by atoms with E-state index in [2.05, 4.69) is 64.0 Å². The lowest BCUT2D eigenvalue weighted by atomic mass is 9.59. The average molecular weight is 498 g/mol. The molecule has 2 bridgehead atoms. The van der Waals surface area contributed by atoms with Gasteiger partial charge in [-0.1, -0.05) is 48.5 Å². The number of rotatable bonds is 6. The predicted molar refractivity (Wildman–Crippen MR) is 135 cm³/mol. The summed E-state index contributed by atoms with van der Waals surface area (Å²) >= 11 is 1.14. The Hall–Kier alpha value is -3.98. The van der Waals surface area contributed by atoms with Crippen molar-refractivity contribution in [3.63, 3.8) is 0 Å². The second-order valence-electron chi connectivity index (χ2n) is 9.26. The first kappa shape index (κ1) is 22.5. The number of nitro groups is 1. The van der Waals surface area contributed by atoms with Gasteiger partial charge < -0.3 is 9.88 Å². The lowest BCUT2D eigenvalue weighted by Gasteiger charge is -2.45. The maximum atomic E-state index is 13.1. The molecule has 1 N–H and O–H groups in total. The SMILES string of the molecule is Cn1cnnc1Sc1ccc(C(=O)NCC2CC3c4ccccc4C2c2ccccc23)cc1[N+](=O)[O-]. The molecule has 7 rings (SSSR count). The lowest BCUT2D eigenvalue weighted by Crippen LogP contribution is -2.39. The number of carbonyl (C=O) groups is 1. The number of benzene rings is 3. The fraction of sp³-hybridized carbons (Fsp3) is 0.222. The molecule has 1 heterocycles. The summed E-state index contributed by atoms with van der Waals surface area (Å²) in [6.45, 7) is 0.506. The highest BCUT2D eigenvalue weighted by Gasteiger charge is 2.42. The van der Waals surface area contributed by atoms with Crippen molar-refractivity contribution in [3.05, 3.63) is 111 Å². The summed E-state index contributed by atoms with van der Waals surface area (Å²) < 4.78 is 1.68. The van der Waals surface area contributed by atoms with E-state index in [1.54, 1.807) is 23.7 Å². The number of carbonyl (C=O) groups excluding carboxylic acids is 1. The summed E-state index contributed by atoms with van der Waals surface area (Å²) in [4.78, 5) is 24.8. The number of aromatic nitrogens is 3. The molecule has 9 heteroatoms. The van der Waals surface area contributed by atoms with Gasteiger partial charge in [-0.3, -0.25) is 14.9 Å². The van der Waals surface area contributed by atoms with Crippen LogP contribution < -0.4 is 5.32 Å². The van der Waals surface area contributed by atoms with E-state index in [-0.39, 0.29) is 29.0 Å². The van der Waals surface area contributed by atoms with E-state index in [1.165, 1.54) is 34.6 Å². The summed E-state index contributed by atoms with van der Waals surface area (Å²) in [7, 11) is 1.77. The minimum absolute atomic E-state index is 0.129. The van der Waals surface area contributed by atoms with Gasteiger partial charge in [-0.25, -0.2) is 0 Å². The van der Waals surface area contributed by atoms with Crippen LogP contribution in [0.4, 0.5) is 5.69 Å². The number of nitrogens with zero attached hydrogens (tertiary/aromatic N) is 4. The zero-order chi connectivity index (χ0) is 24.8. The van der Waals surface area contributed by atoms with Crippen LogP contribution >= 0.6 is 11.8 Å². The summed E-state index contributed by atoms with van der Waals surface area (Å²) in [6.07, 6.45) is 2.50. The van der Waals surface area contributed by atoms with Crippen molar-refractivity contribution in [2.45, 2.75) is 28.3 Å². The molecule has 1 atom stereocenters. The Morgan fingerprint density at radius 1 is 1.08 bits per heavy atom. The maximum Gasteiger partial charge on any atom is 0.284 e. The van der Waals surface area contributed by atoms with Crippen molar-refractivity contribution in [3.8, 4) is 0 Å². The molecule has 0 saturated heterocycles. The number of hydrogen-bond acceptors (Lipinski definition) is 6. The molecule has 3 aliphatic carbocycles. The zero-order valence-corrected chi connectivity index (χ0v) is 20.3. The van der Waals surface area contributed by atoms with Crippen molar-refractivity contribution in [1.82, 2.24) is 20.1 Å². The Balaban J connectivity index is 1.22. The van der Waals surface area contributed by atoms with Crippen LogP contribution in [0.5, 0.6) is 0 Å². The molecular formula is C27H23N5O3S. The Kier molecular flexibility index (Phi) is 5.56. The minimum Gasteiger partial charge on any atom is -0.352 e. The second kappa shape index (κ2) is 8.91. The largest absolute Gasteiger partial charge is 0.352 e. The third kappa shape index (κ3) is 3.76. The standard InChI is InChI=1S/C27H23N5O3S/c1-31-15-29-30-27(31)36-24-11-10-16(13-23(24)32(34)35)26(33)28-14-17-12-22-18-6-2-4-8-20(18)25(17)21-9-5-3-7-19(21)22/h2-11,13,15,17,22,25H,12,14H2,1H3,(H,28,33). The molecule has 8 nitrogen and oxygen atoms in total. The van der Waals surface area contributed by atoms with Crippen LogP contribution in [0.1, 0.15) is 50.9 Å². The molecule has 3 aliphatic rings. The fourth-order valence-corrected chi connectivity index (χ4v) is 6.49. The van der Waals surface area contributed by atoms with Gasteiger partial charge in [0.05, 0.1) is 9.82 Å². The van der Waals surface area contributed by atoms with Gasteiger partial charge in [0.15, 0.2) is 5.16 Å². The Morgan fingerprint density at radius 2 is 1.75 bits per heavy atom. The van der Waals surface area contributed by atoms with E-state index in [9.17, 15) is 14.9 Å². The third-order valence-corrected chi connectivity index (χ3v) is 8.35. The Morgan fingerprint density at radius 3 is 2.36 bits per heavy atom. The van der Waals surface area contributed by atoms with Gasteiger partial charge in [-0.15, -0.1) is 10.2 Å². The van der Waals surface area contributed by atoms with Crippen LogP contribution in [0, 0.1) is 16.0 Å². The number of hydrogen-bond donors (Lipinski definition) is 1. The van der Waals surface area contributed by atoms with E-state index in [4.69, 9.17) is 0 Å². The number of aryl methyl sites for hydroxylation is 1. The molecule has 3 aromatic carbocycles. The van der Waals surface area contributed by atoms with Crippen LogP contribution in [0.3, 0.4) is 0 Å². The molecule has 0 saturated carbocycles. The summed E-state index contributed by atoms with van der Waals surface area (Å²) in [5.41, 5.74) is 5.59. The molecule has 36 heavy (non-hydrogen) atoms. The molecule has 0 spiro atoms. The normalized spacial score (nSPS) is 19.4. The highest BCUT2D eigenvalue weighted by molar-refractivity contribution is 7.99. The maximum absolute atomic E-state index is 13.1. The number of nitrogens with one attached hydrogen (secondary N) is 1. The quantitative estimate of drug-likeness (QED) is 0.300. The molecule has 0 radical (unpaired) electrons. The number of nitro benzene ring substituents is 1. The van der Waals surface area contributed by atoms with Crippen LogP contribution in [0.15, 0.2) is 83.1 Å². The highest BCUT2D eigenvalue weighted by Crippen LogP contribution is 2.55. The Labute approximate surface area is 211 Å². The zero-order valence-electron chi connectivity index (χ0n) is 19.5. The van der Waals surface area contributed by atoms with Crippen molar-refractivity contribution in [1.29, 1.82) is 0 Å². The smallest absolute Gasteiger partial charge is 0.284 e. The van der Waals surface area contributed by atoms with E-state index >= 15 is 0 Å². The molecule has 0 aliphatic heterocycles. The van der Waals surface area contributed by atoms with Gasteiger partial charge in [0.2, 0.25) is 0 Å². The van der Waals surface area contributed by atoms with E-state index in [0.717, 1.165) is 18.2 Å². The first-order valence-corrected chi connectivity index (χ1v) is 12.6. The average Bonchev–Trinajstić information content (AvgIpc) is 3.31. The first-order chi connectivity index (χ1) is 17.5. The van der Waals surface area contributed by atoms with E-state index in [1.807, 2.05) is 0 Å². The van der Waals surface area contributed by atoms with Crippen LogP contribution in [-0.4, -0.2) is 32.1 Å². The molecule has 4 aromatic rings. The van der Waals surface area contributed by atoms with E-state index in [0.29, 0.717) is 22.5 Å². The van der Waals surface area contributed by atoms with Gasteiger partial charge in [0.25, 0.3) is 11.6 Å². The second-order valence-corrected chi connectivity index (χ2v) is 10.3. The van der Waals surface area contributed by atoms with Gasteiger partial charge in [0.1, 0.15) is 6.33 Å². The molecule has 180 valence electrons. The number of fused-ring (bicyclic) bond motifs is 1. The molecule has 1 unspecified atom stereocenters. The van der Waals surface area contributed by atoms with Crippen molar-refractivity contribution >= 4 is 23.4 Å². The van der Waals surface area contributed by atoms with E-state index < -0.39 is 4.92 Å². The summed E-state index contributed by atoms with van der Waals surface area (Å²) in [6, 6.07) is 21.8. The van der Waals surface area contributed by atoms with Crippen LogP contribution in [0.2, 0.25) is 0 Å². The molecule has 1 amide bonds. The van der Waals surface area contributed by atoms with Gasteiger partial charge >= 0.3 is 0 Å². The Bertz CT molecular complexity index is 1450. The van der Waals surface area contributed by atoms with Crippen molar-refractivity contribution in [2.24, 2.45) is 13.0 Å². The topological polar surface area (TPSA) is 103 Å². The molecular weight excluding hydrogens is 474 g/mol. The van der Waals surface area contributed by atoms with Crippen molar-refractivity contribution < 1.29 is 9.72 Å². The minimum atomic E-state index is -0.469. The summed E-state index contributed by atoms with van der Waals surface area (Å²) in [5, 5.41) is 23.1.